The average Bonchev–Trinajstić information content (AvgIpc) is 3.58. The molecule has 0 saturated carbocycles. The van der Waals surface area contributed by atoms with Gasteiger partial charge in [-0.25, -0.2) is 0 Å². The Labute approximate surface area is 188 Å². The number of benzene rings is 1. The van der Waals surface area contributed by atoms with Gasteiger partial charge in [-0.15, -0.1) is 0 Å². The van der Waals surface area contributed by atoms with Crippen LogP contribution in [0.5, 0.6) is 11.5 Å². The Morgan fingerprint density at radius 3 is 2.75 bits per heavy atom. The van der Waals surface area contributed by atoms with E-state index in [0.29, 0.717) is 35.9 Å². The van der Waals surface area contributed by atoms with Crippen molar-refractivity contribution in [3.63, 3.8) is 0 Å². The molecular formula is C24H30N2O6. The van der Waals surface area contributed by atoms with Gasteiger partial charge in [0, 0.05) is 24.8 Å². The van der Waals surface area contributed by atoms with Crippen molar-refractivity contribution >= 4 is 11.8 Å². The standard InChI is InChI=1S/C24H30N2O6/c1-3-17(2)26(24(28)18-8-9-21-22(12-18)32-16-31-21)15-23(27)25(13-19-6-4-10-29-19)14-20-7-5-11-30-20/h4,6,8-10,12,17,20H,3,5,7,11,13-16H2,1-2H3/t17-,20-/m0/s1. The first-order chi connectivity index (χ1) is 15.5. The van der Waals surface area contributed by atoms with Gasteiger partial charge in [0.15, 0.2) is 11.5 Å². The zero-order valence-corrected chi connectivity index (χ0v) is 18.6. The van der Waals surface area contributed by atoms with Crippen LogP contribution in [0, 0.1) is 0 Å². The van der Waals surface area contributed by atoms with Gasteiger partial charge in [-0.1, -0.05) is 6.92 Å². The van der Waals surface area contributed by atoms with Gasteiger partial charge < -0.3 is 28.4 Å². The summed E-state index contributed by atoms with van der Waals surface area (Å²) in [4.78, 5) is 30.1. The van der Waals surface area contributed by atoms with Gasteiger partial charge >= 0.3 is 0 Å². The maximum absolute atomic E-state index is 13.4. The van der Waals surface area contributed by atoms with Crippen LogP contribution in [0.3, 0.4) is 0 Å². The number of fused-ring (bicyclic) bond motifs is 1. The van der Waals surface area contributed by atoms with Gasteiger partial charge in [-0.05, 0) is 56.5 Å². The highest BCUT2D eigenvalue weighted by Gasteiger charge is 2.29. The second-order valence-electron chi connectivity index (χ2n) is 8.25. The monoisotopic (exact) mass is 442 g/mol. The first-order valence-corrected chi connectivity index (χ1v) is 11.2. The van der Waals surface area contributed by atoms with E-state index < -0.39 is 0 Å². The second kappa shape index (κ2) is 10.1. The molecule has 1 saturated heterocycles. The van der Waals surface area contributed by atoms with Crippen LogP contribution in [0.1, 0.15) is 49.2 Å². The van der Waals surface area contributed by atoms with Crippen molar-refractivity contribution in [1.82, 2.24) is 9.80 Å². The molecule has 0 N–H and O–H groups in total. The van der Waals surface area contributed by atoms with Crippen LogP contribution in [-0.2, 0) is 16.1 Å². The number of amides is 2. The Hall–Kier alpha value is -3.00. The van der Waals surface area contributed by atoms with Crippen LogP contribution < -0.4 is 9.47 Å². The predicted octanol–water partition coefficient (Wildman–Crippen LogP) is 3.46. The first kappa shape index (κ1) is 22.2. The molecule has 0 radical (unpaired) electrons. The molecule has 2 aliphatic rings. The molecule has 2 amide bonds. The highest BCUT2D eigenvalue weighted by atomic mass is 16.7. The Balaban J connectivity index is 1.51. The van der Waals surface area contributed by atoms with Crippen LogP contribution in [0.4, 0.5) is 0 Å². The van der Waals surface area contributed by atoms with Crippen molar-refractivity contribution in [2.24, 2.45) is 0 Å². The normalized spacial score (nSPS) is 17.9. The number of ether oxygens (including phenoxy) is 3. The highest BCUT2D eigenvalue weighted by Crippen LogP contribution is 2.33. The van der Waals surface area contributed by atoms with E-state index in [1.165, 1.54) is 0 Å². The largest absolute Gasteiger partial charge is 0.467 e. The second-order valence-corrected chi connectivity index (χ2v) is 8.25. The molecular weight excluding hydrogens is 412 g/mol. The molecule has 32 heavy (non-hydrogen) atoms. The lowest BCUT2D eigenvalue weighted by Gasteiger charge is -2.32. The molecule has 2 atom stereocenters. The van der Waals surface area contributed by atoms with Crippen LogP contribution >= 0.6 is 0 Å². The Kier molecular flexibility index (Phi) is 6.99. The van der Waals surface area contributed by atoms with Crippen molar-refractivity contribution in [2.75, 3.05) is 26.5 Å². The molecule has 2 aliphatic heterocycles. The third-order valence-electron chi connectivity index (χ3n) is 6.04. The van der Waals surface area contributed by atoms with Crippen molar-refractivity contribution in [2.45, 2.75) is 51.8 Å². The summed E-state index contributed by atoms with van der Waals surface area (Å²) in [7, 11) is 0. The van der Waals surface area contributed by atoms with Crippen LogP contribution in [0.25, 0.3) is 0 Å². The quantitative estimate of drug-likeness (QED) is 0.592. The summed E-state index contributed by atoms with van der Waals surface area (Å²) in [6.45, 7) is 5.62. The molecule has 3 heterocycles. The predicted molar refractivity (Wildman–Crippen MR) is 116 cm³/mol. The molecule has 0 unspecified atom stereocenters. The third kappa shape index (κ3) is 5.07. The maximum Gasteiger partial charge on any atom is 0.254 e. The zero-order chi connectivity index (χ0) is 22.5. The van der Waals surface area contributed by atoms with Crippen LogP contribution in [-0.4, -0.2) is 60.2 Å². The Morgan fingerprint density at radius 1 is 1.19 bits per heavy atom. The van der Waals surface area contributed by atoms with Gasteiger partial charge in [0.05, 0.1) is 18.9 Å². The molecule has 8 heteroatoms. The average molecular weight is 443 g/mol. The SMILES string of the molecule is CC[C@H](C)N(CC(=O)N(Cc1ccco1)C[C@@H]1CCCO1)C(=O)c1ccc2c(c1)OCO2. The fourth-order valence-corrected chi connectivity index (χ4v) is 3.97. The molecule has 1 aromatic heterocycles. The summed E-state index contributed by atoms with van der Waals surface area (Å²) in [5.41, 5.74) is 0.471. The first-order valence-electron chi connectivity index (χ1n) is 11.2. The summed E-state index contributed by atoms with van der Waals surface area (Å²) in [5.74, 6) is 1.53. The van der Waals surface area contributed by atoms with E-state index in [1.807, 2.05) is 19.9 Å². The van der Waals surface area contributed by atoms with Crippen molar-refractivity contribution in [3.8, 4) is 11.5 Å². The summed E-state index contributed by atoms with van der Waals surface area (Å²) in [5, 5.41) is 0. The highest BCUT2D eigenvalue weighted by molar-refractivity contribution is 5.97. The van der Waals surface area contributed by atoms with E-state index in [9.17, 15) is 9.59 Å². The van der Waals surface area contributed by atoms with E-state index in [1.54, 1.807) is 40.3 Å². The minimum atomic E-state index is -0.207. The van der Waals surface area contributed by atoms with E-state index in [4.69, 9.17) is 18.6 Å². The lowest BCUT2D eigenvalue weighted by molar-refractivity contribution is -0.134. The summed E-state index contributed by atoms with van der Waals surface area (Å²) in [6, 6.07) is 8.66. The summed E-state index contributed by atoms with van der Waals surface area (Å²) >= 11 is 0. The zero-order valence-electron chi connectivity index (χ0n) is 18.6. The van der Waals surface area contributed by atoms with E-state index >= 15 is 0 Å². The van der Waals surface area contributed by atoms with Crippen molar-refractivity contribution < 1.29 is 28.2 Å². The summed E-state index contributed by atoms with van der Waals surface area (Å²) < 4.78 is 22.0. The molecule has 4 rings (SSSR count). The molecule has 0 spiro atoms. The molecule has 0 bridgehead atoms. The van der Waals surface area contributed by atoms with Gasteiger partial charge in [-0.3, -0.25) is 9.59 Å². The van der Waals surface area contributed by atoms with Crippen molar-refractivity contribution in [3.05, 3.63) is 47.9 Å². The number of nitrogens with zero attached hydrogens (tertiary/aromatic N) is 2. The minimum absolute atomic E-state index is 0.00974. The van der Waals surface area contributed by atoms with Crippen molar-refractivity contribution in [1.29, 1.82) is 0 Å². The molecule has 0 aliphatic carbocycles. The third-order valence-corrected chi connectivity index (χ3v) is 6.04. The van der Waals surface area contributed by atoms with E-state index in [-0.39, 0.29) is 37.3 Å². The number of hydrogen-bond acceptors (Lipinski definition) is 6. The molecule has 2 aromatic rings. The van der Waals surface area contributed by atoms with Gasteiger partial charge in [0.25, 0.3) is 5.91 Å². The van der Waals surface area contributed by atoms with Crippen LogP contribution in [0.2, 0.25) is 0 Å². The lowest BCUT2D eigenvalue weighted by atomic mass is 10.1. The van der Waals surface area contributed by atoms with Gasteiger partial charge in [0.2, 0.25) is 12.7 Å². The number of hydrogen-bond donors (Lipinski definition) is 0. The smallest absolute Gasteiger partial charge is 0.254 e. The molecule has 1 aromatic carbocycles. The maximum atomic E-state index is 13.4. The number of rotatable bonds is 9. The number of carbonyl (C=O) groups excluding carboxylic acids is 2. The van der Waals surface area contributed by atoms with Gasteiger partial charge in [0.1, 0.15) is 12.3 Å². The van der Waals surface area contributed by atoms with Crippen LogP contribution in [0.15, 0.2) is 41.0 Å². The minimum Gasteiger partial charge on any atom is -0.467 e. The Bertz CT molecular complexity index is 923. The number of furan rings is 1. The summed E-state index contributed by atoms with van der Waals surface area (Å²) in [6.07, 6.45) is 4.25. The van der Waals surface area contributed by atoms with Gasteiger partial charge in [-0.2, -0.15) is 0 Å². The molecule has 8 nitrogen and oxygen atoms in total. The number of carbonyl (C=O) groups is 2. The van der Waals surface area contributed by atoms with E-state index in [2.05, 4.69) is 0 Å². The Morgan fingerprint density at radius 2 is 2.03 bits per heavy atom. The molecule has 1 fully saturated rings. The topological polar surface area (TPSA) is 81.5 Å². The fraction of sp³-hybridized carbons (Fsp3) is 0.500. The van der Waals surface area contributed by atoms with E-state index in [0.717, 1.165) is 25.9 Å². The lowest BCUT2D eigenvalue weighted by Crippen LogP contribution is -2.47. The fourth-order valence-electron chi connectivity index (χ4n) is 3.97. The molecule has 172 valence electrons.